The fraction of sp³-hybridized carbons (Fsp3) is 0.235. The van der Waals surface area contributed by atoms with Gasteiger partial charge in [0.15, 0.2) is 0 Å². The largest absolute Gasteiger partial charge is 0.416 e. The Labute approximate surface area is 142 Å². The molecule has 2 N–H and O–H groups in total. The van der Waals surface area contributed by atoms with E-state index in [1.807, 2.05) is 0 Å². The molecule has 7 heteroatoms. The third kappa shape index (κ3) is 5.16. The minimum atomic E-state index is -4.35. The summed E-state index contributed by atoms with van der Waals surface area (Å²) >= 11 is 5.95. The zero-order valence-electron chi connectivity index (χ0n) is 12.8. The third-order valence-electron chi connectivity index (χ3n) is 3.32. The van der Waals surface area contributed by atoms with E-state index >= 15 is 0 Å². The van der Waals surface area contributed by atoms with Gasteiger partial charge in [-0.2, -0.15) is 13.2 Å². The van der Waals surface area contributed by atoms with Gasteiger partial charge >= 0.3 is 12.2 Å². The van der Waals surface area contributed by atoms with Crippen molar-refractivity contribution in [2.45, 2.75) is 25.6 Å². The van der Waals surface area contributed by atoms with Crippen LogP contribution in [0.4, 0.5) is 23.7 Å². The zero-order chi connectivity index (χ0) is 17.7. The smallest absolute Gasteiger partial charge is 0.335 e. The first kappa shape index (κ1) is 18.1. The van der Waals surface area contributed by atoms with Crippen molar-refractivity contribution in [2.24, 2.45) is 0 Å². The number of alkyl halides is 3. The number of carbonyl (C=O) groups excluding carboxylic acids is 1. The monoisotopic (exact) mass is 356 g/mol. The summed E-state index contributed by atoms with van der Waals surface area (Å²) in [6, 6.07) is 11.0. The molecule has 1 unspecified atom stereocenters. The summed E-state index contributed by atoms with van der Waals surface area (Å²) < 4.78 is 37.6. The normalized spacial score (nSPS) is 12.5. The first-order chi connectivity index (χ1) is 11.3. The molecule has 0 bridgehead atoms. The number of rotatable bonds is 4. The van der Waals surface area contributed by atoms with Gasteiger partial charge in [0.2, 0.25) is 0 Å². The lowest BCUT2D eigenvalue weighted by molar-refractivity contribution is -0.137. The summed E-state index contributed by atoms with van der Waals surface area (Å²) in [7, 11) is 0. The van der Waals surface area contributed by atoms with E-state index in [9.17, 15) is 18.0 Å². The summed E-state index contributed by atoms with van der Waals surface area (Å²) in [5, 5.41) is 5.76. The molecule has 24 heavy (non-hydrogen) atoms. The molecule has 0 fully saturated rings. The number of para-hydroxylation sites is 1. The Morgan fingerprint density at radius 3 is 2.33 bits per heavy atom. The Morgan fingerprint density at radius 2 is 1.75 bits per heavy atom. The molecule has 0 aliphatic heterocycles. The number of benzene rings is 2. The molecule has 0 aliphatic rings. The van der Waals surface area contributed by atoms with Crippen LogP contribution in [0.25, 0.3) is 0 Å². The number of nitrogens with one attached hydrogen (secondary N) is 2. The van der Waals surface area contributed by atoms with Crippen LogP contribution in [-0.2, 0) is 12.6 Å². The van der Waals surface area contributed by atoms with Gasteiger partial charge in [0.1, 0.15) is 0 Å². The second kappa shape index (κ2) is 7.57. The van der Waals surface area contributed by atoms with E-state index in [0.29, 0.717) is 22.7 Å². The average Bonchev–Trinajstić information content (AvgIpc) is 2.49. The third-order valence-corrected chi connectivity index (χ3v) is 3.65. The number of halogens is 4. The molecule has 0 aliphatic carbocycles. The molecule has 0 saturated heterocycles. The van der Waals surface area contributed by atoms with Crippen LogP contribution in [0.3, 0.4) is 0 Å². The fourth-order valence-corrected chi connectivity index (χ4v) is 2.36. The lowest BCUT2D eigenvalue weighted by Gasteiger charge is -2.16. The molecule has 2 aromatic carbocycles. The van der Waals surface area contributed by atoms with Crippen molar-refractivity contribution in [3.8, 4) is 0 Å². The van der Waals surface area contributed by atoms with E-state index in [0.717, 1.165) is 12.1 Å². The molecule has 3 nitrogen and oxygen atoms in total. The highest BCUT2D eigenvalue weighted by atomic mass is 35.5. The number of anilines is 1. The van der Waals surface area contributed by atoms with Crippen LogP contribution >= 0.6 is 11.6 Å². The quantitative estimate of drug-likeness (QED) is 0.785. The standard InChI is InChI=1S/C17H16ClF3N2O/c1-11(10-12-6-8-13(9-7-12)17(19,20)21)22-16(24)23-15-5-3-2-4-14(15)18/h2-9,11H,10H2,1H3,(H2,22,23,24). The average molecular weight is 357 g/mol. The molecular weight excluding hydrogens is 341 g/mol. The Balaban J connectivity index is 1.90. The predicted octanol–water partition coefficient (Wildman–Crippen LogP) is 5.11. The van der Waals surface area contributed by atoms with Gasteiger partial charge in [0.25, 0.3) is 0 Å². The molecule has 128 valence electrons. The Bertz CT molecular complexity index is 702. The van der Waals surface area contributed by atoms with Gasteiger partial charge in [0, 0.05) is 6.04 Å². The lowest BCUT2D eigenvalue weighted by atomic mass is 10.1. The summed E-state index contributed by atoms with van der Waals surface area (Å²) in [5.41, 5.74) is 0.496. The highest BCUT2D eigenvalue weighted by molar-refractivity contribution is 6.33. The first-order valence-electron chi connectivity index (χ1n) is 7.24. The Kier molecular flexibility index (Phi) is 5.72. The Morgan fingerprint density at radius 1 is 1.12 bits per heavy atom. The van der Waals surface area contributed by atoms with Crippen LogP contribution in [0.1, 0.15) is 18.1 Å². The molecule has 0 spiro atoms. The maximum absolute atomic E-state index is 12.5. The molecule has 0 heterocycles. The van der Waals surface area contributed by atoms with Gasteiger partial charge in [-0.3, -0.25) is 0 Å². The van der Waals surface area contributed by atoms with Crippen molar-refractivity contribution >= 4 is 23.3 Å². The second-order valence-corrected chi connectivity index (χ2v) is 5.79. The molecule has 2 amide bonds. The van der Waals surface area contributed by atoms with Crippen LogP contribution in [0.2, 0.25) is 5.02 Å². The van der Waals surface area contributed by atoms with Crippen LogP contribution < -0.4 is 10.6 Å². The Hall–Kier alpha value is -2.21. The summed E-state index contributed by atoms with van der Waals surface area (Å²) in [5.74, 6) is 0. The van der Waals surface area contributed by atoms with Crippen molar-refractivity contribution in [3.63, 3.8) is 0 Å². The van der Waals surface area contributed by atoms with Gasteiger partial charge in [-0.15, -0.1) is 0 Å². The van der Waals surface area contributed by atoms with E-state index in [1.54, 1.807) is 31.2 Å². The SMILES string of the molecule is CC(Cc1ccc(C(F)(F)F)cc1)NC(=O)Nc1ccccc1Cl. The molecule has 2 aromatic rings. The number of amides is 2. The fourth-order valence-electron chi connectivity index (χ4n) is 2.18. The summed E-state index contributed by atoms with van der Waals surface area (Å²) in [4.78, 5) is 11.9. The highest BCUT2D eigenvalue weighted by Gasteiger charge is 2.29. The maximum atomic E-state index is 12.5. The zero-order valence-corrected chi connectivity index (χ0v) is 13.6. The van der Waals surface area contributed by atoms with E-state index in [-0.39, 0.29) is 6.04 Å². The van der Waals surface area contributed by atoms with Gasteiger partial charge in [-0.1, -0.05) is 35.9 Å². The van der Waals surface area contributed by atoms with Crippen LogP contribution in [0, 0.1) is 0 Å². The molecule has 2 rings (SSSR count). The topological polar surface area (TPSA) is 41.1 Å². The highest BCUT2D eigenvalue weighted by Crippen LogP contribution is 2.29. The second-order valence-electron chi connectivity index (χ2n) is 5.38. The molecule has 0 radical (unpaired) electrons. The minimum Gasteiger partial charge on any atom is -0.335 e. The number of hydrogen-bond acceptors (Lipinski definition) is 1. The molecule has 1 atom stereocenters. The van der Waals surface area contributed by atoms with E-state index in [4.69, 9.17) is 11.6 Å². The van der Waals surface area contributed by atoms with Gasteiger partial charge in [-0.05, 0) is 43.2 Å². The van der Waals surface area contributed by atoms with Crippen LogP contribution in [-0.4, -0.2) is 12.1 Å². The maximum Gasteiger partial charge on any atom is 0.416 e. The number of hydrogen-bond donors (Lipinski definition) is 2. The summed E-state index contributed by atoms with van der Waals surface area (Å²) in [6.07, 6.45) is -3.94. The van der Waals surface area contributed by atoms with Crippen molar-refractivity contribution < 1.29 is 18.0 Å². The number of urea groups is 1. The van der Waals surface area contributed by atoms with E-state index < -0.39 is 17.8 Å². The summed E-state index contributed by atoms with van der Waals surface area (Å²) in [6.45, 7) is 1.77. The predicted molar refractivity (Wildman–Crippen MR) is 88.2 cm³/mol. The lowest BCUT2D eigenvalue weighted by Crippen LogP contribution is -2.37. The van der Waals surface area contributed by atoms with Gasteiger partial charge < -0.3 is 10.6 Å². The molecule has 0 aromatic heterocycles. The van der Waals surface area contributed by atoms with Gasteiger partial charge in [-0.25, -0.2) is 4.79 Å². The van der Waals surface area contributed by atoms with E-state index in [2.05, 4.69) is 10.6 Å². The van der Waals surface area contributed by atoms with Crippen molar-refractivity contribution in [1.29, 1.82) is 0 Å². The van der Waals surface area contributed by atoms with Gasteiger partial charge in [0.05, 0.1) is 16.3 Å². The molecule has 0 saturated carbocycles. The van der Waals surface area contributed by atoms with Crippen molar-refractivity contribution in [1.82, 2.24) is 5.32 Å². The minimum absolute atomic E-state index is 0.260. The van der Waals surface area contributed by atoms with Crippen molar-refractivity contribution in [2.75, 3.05) is 5.32 Å². The first-order valence-corrected chi connectivity index (χ1v) is 7.61. The van der Waals surface area contributed by atoms with Crippen LogP contribution in [0.15, 0.2) is 48.5 Å². The number of carbonyl (C=O) groups is 1. The van der Waals surface area contributed by atoms with Crippen LogP contribution in [0.5, 0.6) is 0 Å². The van der Waals surface area contributed by atoms with E-state index in [1.165, 1.54) is 12.1 Å². The van der Waals surface area contributed by atoms with Crippen molar-refractivity contribution in [3.05, 3.63) is 64.7 Å². The molecular formula is C17H16ClF3N2O.